The Morgan fingerprint density at radius 1 is 1.10 bits per heavy atom. The number of hydrogen-bond acceptors (Lipinski definition) is 6. The number of anilines is 1. The third kappa shape index (κ3) is 5.08. The van der Waals surface area contributed by atoms with Gasteiger partial charge in [0.15, 0.2) is 5.76 Å². The molecule has 5 N–H and O–H groups in total. The molecule has 4 rings (SSSR count). The number of rotatable bonds is 5. The first kappa shape index (κ1) is 21.4. The van der Waals surface area contributed by atoms with Gasteiger partial charge in [-0.3, -0.25) is 14.5 Å². The highest BCUT2D eigenvalue weighted by molar-refractivity contribution is 5.95. The maximum Gasteiger partial charge on any atom is 0.289 e. The van der Waals surface area contributed by atoms with Crippen LogP contribution < -0.4 is 16.8 Å². The predicted molar refractivity (Wildman–Crippen MR) is 118 cm³/mol. The van der Waals surface area contributed by atoms with Gasteiger partial charge in [-0.2, -0.15) is 0 Å². The zero-order valence-electron chi connectivity index (χ0n) is 17.8. The maximum atomic E-state index is 12.6. The second kappa shape index (κ2) is 9.53. The summed E-state index contributed by atoms with van der Waals surface area (Å²) in [5.41, 5.74) is 14.6. The molecule has 31 heavy (non-hydrogen) atoms. The lowest BCUT2D eigenvalue weighted by Crippen LogP contribution is -2.49. The zero-order valence-corrected chi connectivity index (χ0v) is 17.8. The minimum Gasteiger partial charge on any atom is -0.459 e. The molecule has 8 heteroatoms. The number of carbonyl (C=O) groups excluding carboxylic acids is 2. The largest absolute Gasteiger partial charge is 0.459 e. The number of benzene rings is 1. The van der Waals surface area contributed by atoms with Crippen LogP contribution in [0.1, 0.15) is 52.2 Å². The number of nitrogens with zero attached hydrogens (tertiary/aromatic N) is 2. The van der Waals surface area contributed by atoms with Crippen LogP contribution in [0.25, 0.3) is 0 Å². The van der Waals surface area contributed by atoms with Crippen molar-refractivity contribution in [3.63, 3.8) is 0 Å². The second-order valence-corrected chi connectivity index (χ2v) is 8.49. The first-order valence-corrected chi connectivity index (χ1v) is 11.0. The number of amides is 2. The number of furan rings is 1. The van der Waals surface area contributed by atoms with E-state index in [0.29, 0.717) is 36.6 Å². The molecule has 2 amide bonds. The van der Waals surface area contributed by atoms with Gasteiger partial charge in [0.1, 0.15) is 0 Å². The Kier molecular flexibility index (Phi) is 6.58. The molecule has 2 fully saturated rings. The molecule has 1 saturated carbocycles. The van der Waals surface area contributed by atoms with Crippen LogP contribution >= 0.6 is 0 Å². The van der Waals surface area contributed by atoms with E-state index in [2.05, 4.69) is 10.2 Å². The van der Waals surface area contributed by atoms with Crippen molar-refractivity contribution < 1.29 is 14.0 Å². The van der Waals surface area contributed by atoms with Gasteiger partial charge >= 0.3 is 0 Å². The molecule has 2 atom stereocenters. The normalized spacial score (nSPS) is 22.3. The lowest BCUT2D eigenvalue weighted by atomic mass is 9.91. The van der Waals surface area contributed by atoms with Gasteiger partial charge in [-0.25, -0.2) is 0 Å². The summed E-state index contributed by atoms with van der Waals surface area (Å²) >= 11 is 0. The van der Waals surface area contributed by atoms with E-state index in [1.54, 1.807) is 18.2 Å². The van der Waals surface area contributed by atoms with Crippen molar-refractivity contribution in [3.05, 3.63) is 53.5 Å². The van der Waals surface area contributed by atoms with Crippen LogP contribution in [0.2, 0.25) is 0 Å². The van der Waals surface area contributed by atoms with Gasteiger partial charge in [-0.05, 0) is 42.7 Å². The third-order valence-electron chi connectivity index (χ3n) is 6.33. The molecule has 1 aliphatic heterocycles. The monoisotopic (exact) mass is 425 g/mol. The SMILES string of the molecule is Nc1cc(C(=O)NC2CCCCC2N)ccc1CN1CCN(C(=O)c2ccco2)CC1. The van der Waals surface area contributed by atoms with Gasteiger partial charge in [0, 0.05) is 56.1 Å². The zero-order chi connectivity index (χ0) is 21.8. The molecular weight excluding hydrogens is 394 g/mol. The van der Waals surface area contributed by atoms with Crippen LogP contribution in [0.4, 0.5) is 5.69 Å². The number of carbonyl (C=O) groups is 2. The van der Waals surface area contributed by atoms with Crippen LogP contribution in [0, 0.1) is 0 Å². The number of nitrogen functional groups attached to an aromatic ring is 1. The number of nitrogens with two attached hydrogens (primary N) is 2. The minimum absolute atomic E-state index is 0.0210. The Morgan fingerprint density at radius 2 is 1.87 bits per heavy atom. The summed E-state index contributed by atoms with van der Waals surface area (Å²) in [6.45, 7) is 3.48. The number of hydrogen-bond donors (Lipinski definition) is 3. The van der Waals surface area contributed by atoms with Gasteiger partial charge in [0.25, 0.3) is 11.8 Å². The molecule has 1 saturated heterocycles. The van der Waals surface area contributed by atoms with E-state index < -0.39 is 0 Å². The van der Waals surface area contributed by atoms with Crippen molar-refractivity contribution in [1.29, 1.82) is 0 Å². The van der Waals surface area contributed by atoms with Gasteiger partial charge < -0.3 is 26.1 Å². The first-order valence-electron chi connectivity index (χ1n) is 11.0. The Hall–Kier alpha value is -2.84. The molecular formula is C23H31N5O3. The van der Waals surface area contributed by atoms with E-state index >= 15 is 0 Å². The van der Waals surface area contributed by atoms with Gasteiger partial charge in [-0.15, -0.1) is 0 Å². The van der Waals surface area contributed by atoms with Crippen molar-refractivity contribution in [2.45, 2.75) is 44.3 Å². The summed E-state index contributed by atoms with van der Waals surface area (Å²) in [4.78, 5) is 29.1. The summed E-state index contributed by atoms with van der Waals surface area (Å²) in [6, 6.07) is 8.96. The molecule has 1 aliphatic carbocycles. The first-order chi connectivity index (χ1) is 15.0. The van der Waals surface area contributed by atoms with Gasteiger partial charge in [0.2, 0.25) is 0 Å². The van der Waals surface area contributed by atoms with Crippen molar-refractivity contribution in [2.24, 2.45) is 5.73 Å². The van der Waals surface area contributed by atoms with Crippen LogP contribution in [0.15, 0.2) is 41.0 Å². The fourth-order valence-electron chi connectivity index (χ4n) is 4.38. The third-order valence-corrected chi connectivity index (χ3v) is 6.33. The molecule has 2 unspecified atom stereocenters. The highest BCUT2D eigenvalue weighted by atomic mass is 16.3. The molecule has 166 valence electrons. The Balaban J connectivity index is 1.30. The number of nitrogens with one attached hydrogen (secondary N) is 1. The fraction of sp³-hybridized carbons (Fsp3) is 0.478. The molecule has 2 heterocycles. The highest BCUT2D eigenvalue weighted by Crippen LogP contribution is 2.20. The van der Waals surface area contributed by atoms with E-state index in [0.717, 1.165) is 44.3 Å². The molecule has 0 radical (unpaired) electrons. The molecule has 2 aliphatic rings. The second-order valence-electron chi connectivity index (χ2n) is 8.49. The standard InChI is InChI=1S/C23H31N5O3/c24-18-4-1-2-5-20(18)26-22(29)16-7-8-17(19(25)14-16)15-27-9-11-28(12-10-27)23(30)21-6-3-13-31-21/h3,6-8,13-14,18,20H,1-2,4-5,9-12,15,24-25H2,(H,26,29). The van der Waals surface area contributed by atoms with Crippen LogP contribution in [-0.2, 0) is 6.54 Å². The topological polar surface area (TPSA) is 118 Å². The fourth-order valence-corrected chi connectivity index (χ4v) is 4.38. The van der Waals surface area contributed by atoms with E-state index in [4.69, 9.17) is 15.9 Å². The Labute approximate surface area is 182 Å². The van der Waals surface area contributed by atoms with Crippen LogP contribution in [0.3, 0.4) is 0 Å². The summed E-state index contributed by atoms with van der Waals surface area (Å²) in [5, 5.41) is 3.06. The highest BCUT2D eigenvalue weighted by Gasteiger charge is 2.25. The average molecular weight is 426 g/mol. The molecule has 8 nitrogen and oxygen atoms in total. The summed E-state index contributed by atoms with van der Waals surface area (Å²) < 4.78 is 5.21. The molecule has 1 aromatic carbocycles. The van der Waals surface area contributed by atoms with E-state index in [1.807, 2.05) is 17.0 Å². The lowest BCUT2D eigenvalue weighted by Gasteiger charge is -2.34. The smallest absolute Gasteiger partial charge is 0.289 e. The molecule has 1 aromatic heterocycles. The summed E-state index contributed by atoms with van der Waals surface area (Å²) in [7, 11) is 0. The molecule has 0 bridgehead atoms. The lowest BCUT2D eigenvalue weighted by molar-refractivity contribution is 0.0598. The van der Waals surface area contributed by atoms with E-state index in [-0.39, 0.29) is 23.9 Å². The van der Waals surface area contributed by atoms with Crippen molar-refractivity contribution in [2.75, 3.05) is 31.9 Å². The Morgan fingerprint density at radius 3 is 2.55 bits per heavy atom. The van der Waals surface area contributed by atoms with E-state index in [1.165, 1.54) is 6.26 Å². The van der Waals surface area contributed by atoms with Crippen molar-refractivity contribution >= 4 is 17.5 Å². The average Bonchev–Trinajstić information content (AvgIpc) is 3.32. The minimum atomic E-state index is -0.120. The van der Waals surface area contributed by atoms with Crippen molar-refractivity contribution in [3.8, 4) is 0 Å². The van der Waals surface area contributed by atoms with Crippen LogP contribution in [-0.4, -0.2) is 59.9 Å². The summed E-state index contributed by atoms with van der Waals surface area (Å²) in [6.07, 6.45) is 5.61. The van der Waals surface area contributed by atoms with Crippen molar-refractivity contribution in [1.82, 2.24) is 15.1 Å². The molecule has 0 spiro atoms. The quantitative estimate of drug-likeness (QED) is 0.629. The predicted octanol–water partition coefficient (Wildman–Crippen LogP) is 1.82. The van der Waals surface area contributed by atoms with Gasteiger partial charge in [-0.1, -0.05) is 18.9 Å². The van der Waals surface area contributed by atoms with E-state index in [9.17, 15) is 9.59 Å². The molecule has 2 aromatic rings. The summed E-state index contributed by atoms with van der Waals surface area (Å²) in [5.74, 6) is 0.184. The van der Waals surface area contributed by atoms with Gasteiger partial charge in [0.05, 0.1) is 6.26 Å². The van der Waals surface area contributed by atoms with Crippen LogP contribution in [0.5, 0.6) is 0 Å². The number of piperazine rings is 1. The Bertz CT molecular complexity index is 906. The maximum absolute atomic E-state index is 12.6.